The van der Waals surface area contributed by atoms with E-state index in [4.69, 9.17) is 0 Å². The van der Waals surface area contributed by atoms with Gasteiger partial charge in [0.15, 0.2) is 0 Å². The Morgan fingerprint density at radius 1 is 1.00 bits per heavy atom. The van der Waals surface area contributed by atoms with E-state index < -0.39 is 0 Å². The molecule has 154 valence electrons. The normalized spacial score (nSPS) is 12.4. The smallest absolute Gasteiger partial charge is 0.252 e. The molecule has 4 aromatic rings. The van der Waals surface area contributed by atoms with Crippen LogP contribution in [-0.4, -0.2) is 29.0 Å². The molecule has 3 heterocycles. The molecule has 6 nitrogen and oxygen atoms in total. The van der Waals surface area contributed by atoms with E-state index in [1.807, 2.05) is 66.0 Å². The molecule has 2 aromatic heterocycles. The lowest BCUT2D eigenvalue weighted by molar-refractivity contribution is 0.0951. The molecule has 1 amide bonds. The monoisotopic (exact) mass is 427 g/mol. The van der Waals surface area contributed by atoms with Crippen LogP contribution in [0, 0.1) is 0 Å². The molecular weight excluding hydrogens is 406 g/mol. The minimum Gasteiger partial charge on any atom is -0.380 e. The number of carbonyl (C=O) groups is 1. The fraction of sp³-hybridized carbons (Fsp3) is 0.125. The minimum absolute atomic E-state index is 0.131. The molecule has 0 spiro atoms. The third-order valence-electron chi connectivity index (χ3n) is 5.11. The average Bonchev–Trinajstić information content (AvgIpc) is 3.32. The van der Waals surface area contributed by atoms with E-state index in [2.05, 4.69) is 25.9 Å². The summed E-state index contributed by atoms with van der Waals surface area (Å²) in [5.41, 5.74) is 5.26. The Hall–Kier alpha value is -3.71. The summed E-state index contributed by atoms with van der Waals surface area (Å²) in [4.78, 5) is 22.2. The van der Waals surface area contributed by atoms with Gasteiger partial charge in [0.2, 0.25) is 0 Å². The summed E-state index contributed by atoms with van der Waals surface area (Å²) in [6, 6.07) is 19.7. The predicted molar refractivity (Wildman–Crippen MR) is 125 cm³/mol. The standard InChI is InChI=1S/C24H21N5OS/c30-23(28-14-18-15-31-24(29-18)16-6-2-1-3-7-16)20-9-5-4-8-19(20)17-12-21-22(27-13-17)26-11-10-25-21/h1-9,12-13,15,25H,10-11,14H2,(H,26,27)(H,28,30). The molecule has 5 rings (SSSR count). The van der Waals surface area contributed by atoms with Crippen molar-refractivity contribution >= 4 is 28.7 Å². The van der Waals surface area contributed by atoms with E-state index in [1.165, 1.54) is 0 Å². The van der Waals surface area contributed by atoms with Crippen LogP contribution in [0.25, 0.3) is 21.7 Å². The SMILES string of the molecule is O=C(NCc1csc(-c2ccccc2)n1)c1ccccc1-c1cnc2c(c1)NCCN2. The second kappa shape index (κ2) is 8.57. The number of hydrogen-bond acceptors (Lipinski definition) is 6. The molecule has 3 N–H and O–H groups in total. The van der Waals surface area contributed by atoms with E-state index in [0.717, 1.165) is 52.0 Å². The molecule has 1 aliphatic heterocycles. The number of pyridine rings is 1. The number of rotatable bonds is 5. The summed E-state index contributed by atoms with van der Waals surface area (Å²) in [6.07, 6.45) is 1.80. The van der Waals surface area contributed by atoms with Crippen molar-refractivity contribution in [3.63, 3.8) is 0 Å². The highest BCUT2D eigenvalue weighted by Gasteiger charge is 2.16. The van der Waals surface area contributed by atoms with Crippen molar-refractivity contribution in [2.75, 3.05) is 23.7 Å². The summed E-state index contributed by atoms with van der Waals surface area (Å²) < 4.78 is 0. The van der Waals surface area contributed by atoms with Crippen LogP contribution < -0.4 is 16.0 Å². The van der Waals surface area contributed by atoms with Crippen molar-refractivity contribution in [2.24, 2.45) is 0 Å². The van der Waals surface area contributed by atoms with E-state index in [0.29, 0.717) is 12.1 Å². The van der Waals surface area contributed by atoms with Crippen molar-refractivity contribution in [1.29, 1.82) is 0 Å². The number of anilines is 2. The molecule has 31 heavy (non-hydrogen) atoms. The van der Waals surface area contributed by atoms with E-state index in [-0.39, 0.29) is 5.91 Å². The first-order chi connectivity index (χ1) is 15.3. The van der Waals surface area contributed by atoms with Gasteiger partial charge in [-0.15, -0.1) is 11.3 Å². The molecule has 0 atom stereocenters. The lowest BCUT2D eigenvalue weighted by Crippen LogP contribution is -2.24. The maximum Gasteiger partial charge on any atom is 0.252 e. The van der Waals surface area contributed by atoms with Gasteiger partial charge in [-0.05, 0) is 17.7 Å². The number of nitrogens with zero attached hydrogens (tertiary/aromatic N) is 2. The molecule has 0 saturated heterocycles. The Bertz CT molecular complexity index is 1220. The fourth-order valence-corrected chi connectivity index (χ4v) is 4.39. The Morgan fingerprint density at radius 3 is 2.71 bits per heavy atom. The van der Waals surface area contributed by atoms with E-state index in [1.54, 1.807) is 17.5 Å². The maximum absolute atomic E-state index is 13.0. The number of benzene rings is 2. The van der Waals surface area contributed by atoms with Crippen LogP contribution >= 0.6 is 11.3 Å². The molecule has 0 saturated carbocycles. The van der Waals surface area contributed by atoms with Crippen molar-refractivity contribution in [3.05, 3.63) is 83.5 Å². The van der Waals surface area contributed by atoms with Crippen LogP contribution in [0.2, 0.25) is 0 Å². The number of nitrogens with one attached hydrogen (secondary N) is 3. The van der Waals surface area contributed by atoms with Crippen molar-refractivity contribution in [1.82, 2.24) is 15.3 Å². The third-order valence-corrected chi connectivity index (χ3v) is 6.05. The second-order valence-corrected chi connectivity index (χ2v) is 8.07. The van der Waals surface area contributed by atoms with Crippen LogP contribution in [0.5, 0.6) is 0 Å². The summed E-state index contributed by atoms with van der Waals surface area (Å²) in [5, 5.41) is 12.6. The fourth-order valence-electron chi connectivity index (χ4n) is 3.57. The lowest BCUT2D eigenvalue weighted by Gasteiger charge is -2.20. The first kappa shape index (κ1) is 19.3. The van der Waals surface area contributed by atoms with Gasteiger partial charge in [-0.2, -0.15) is 0 Å². The first-order valence-electron chi connectivity index (χ1n) is 10.1. The quantitative estimate of drug-likeness (QED) is 0.432. The Labute approximate surface area is 184 Å². The lowest BCUT2D eigenvalue weighted by atomic mass is 10.00. The highest BCUT2D eigenvalue weighted by Crippen LogP contribution is 2.30. The molecule has 2 aromatic carbocycles. The molecule has 1 aliphatic rings. The van der Waals surface area contributed by atoms with Crippen LogP contribution in [0.3, 0.4) is 0 Å². The van der Waals surface area contributed by atoms with E-state index >= 15 is 0 Å². The van der Waals surface area contributed by atoms with Gasteiger partial charge < -0.3 is 16.0 Å². The molecule has 0 fully saturated rings. The Balaban J connectivity index is 1.33. The third kappa shape index (κ3) is 4.13. The molecular formula is C24H21N5OS. The maximum atomic E-state index is 13.0. The van der Waals surface area contributed by atoms with Crippen LogP contribution in [0.4, 0.5) is 11.5 Å². The average molecular weight is 428 g/mol. The molecule has 7 heteroatoms. The Kier molecular flexibility index (Phi) is 5.33. The Morgan fingerprint density at radius 2 is 1.81 bits per heavy atom. The van der Waals surface area contributed by atoms with Crippen molar-refractivity contribution < 1.29 is 4.79 Å². The highest BCUT2D eigenvalue weighted by atomic mass is 32.1. The van der Waals surface area contributed by atoms with Crippen molar-refractivity contribution in [2.45, 2.75) is 6.54 Å². The highest BCUT2D eigenvalue weighted by molar-refractivity contribution is 7.13. The van der Waals surface area contributed by atoms with Gasteiger partial charge in [-0.3, -0.25) is 4.79 Å². The number of thiazole rings is 1. The summed E-state index contributed by atoms with van der Waals surface area (Å²) in [6.45, 7) is 2.07. The number of aromatic nitrogens is 2. The molecule has 0 unspecified atom stereocenters. The van der Waals surface area contributed by atoms with Gasteiger partial charge in [-0.1, -0.05) is 48.5 Å². The van der Waals surface area contributed by atoms with Crippen LogP contribution in [-0.2, 0) is 6.54 Å². The molecule has 0 radical (unpaired) electrons. The zero-order chi connectivity index (χ0) is 21.0. The minimum atomic E-state index is -0.131. The van der Waals surface area contributed by atoms with Gasteiger partial charge in [0, 0.05) is 41.4 Å². The van der Waals surface area contributed by atoms with Crippen LogP contribution in [0.1, 0.15) is 16.1 Å². The first-order valence-corrected chi connectivity index (χ1v) is 11.0. The van der Waals surface area contributed by atoms with Gasteiger partial charge in [0.25, 0.3) is 5.91 Å². The van der Waals surface area contributed by atoms with Crippen LogP contribution in [0.15, 0.2) is 72.2 Å². The van der Waals surface area contributed by atoms with Gasteiger partial charge >= 0.3 is 0 Å². The van der Waals surface area contributed by atoms with E-state index in [9.17, 15) is 4.79 Å². The number of carbonyl (C=O) groups excluding carboxylic acids is 1. The van der Waals surface area contributed by atoms with Crippen molar-refractivity contribution in [3.8, 4) is 21.7 Å². The number of amides is 1. The number of hydrogen-bond donors (Lipinski definition) is 3. The predicted octanol–water partition coefficient (Wildman–Crippen LogP) is 4.64. The summed E-state index contributed by atoms with van der Waals surface area (Å²) in [7, 11) is 0. The summed E-state index contributed by atoms with van der Waals surface area (Å²) >= 11 is 1.58. The second-order valence-electron chi connectivity index (χ2n) is 7.21. The largest absolute Gasteiger partial charge is 0.380 e. The molecule has 0 aliphatic carbocycles. The topological polar surface area (TPSA) is 78.9 Å². The zero-order valence-electron chi connectivity index (χ0n) is 16.8. The summed E-state index contributed by atoms with van der Waals surface area (Å²) in [5.74, 6) is 0.711. The van der Waals surface area contributed by atoms with Gasteiger partial charge in [-0.25, -0.2) is 9.97 Å². The van der Waals surface area contributed by atoms with Gasteiger partial charge in [0.1, 0.15) is 10.8 Å². The zero-order valence-corrected chi connectivity index (χ0v) is 17.6. The molecule has 0 bridgehead atoms. The number of fused-ring (bicyclic) bond motifs is 1. The van der Waals surface area contributed by atoms with Gasteiger partial charge in [0.05, 0.1) is 17.9 Å².